The Kier molecular flexibility index (Phi) is 5.87. The average Bonchev–Trinajstić information content (AvgIpc) is 2.53. The van der Waals surface area contributed by atoms with E-state index in [2.05, 4.69) is 15.6 Å². The molecule has 122 valence electrons. The Morgan fingerprint density at radius 1 is 1.39 bits per heavy atom. The first-order valence-electron chi connectivity index (χ1n) is 7.07. The third-order valence-electron chi connectivity index (χ3n) is 2.98. The van der Waals surface area contributed by atoms with Crippen molar-refractivity contribution in [3.05, 3.63) is 54.0 Å². The highest BCUT2D eigenvalue weighted by atomic mass is 19.1. The van der Waals surface area contributed by atoms with Crippen molar-refractivity contribution in [1.82, 2.24) is 10.3 Å². The SMILES string of the molecule is Cc1cccnc1NC(=O)NC[C@H](O)COc1cccc(F)c1. The largest absolute Gasteiger partial charge is 0.491 e. The van der Waals surface area contributed by atoms with E-state index in [0.29, 0.717) is 11.6 Å². The Morgan fingerprint density at radius 2 is 2.22 bits per heavy atom. The van der Waals surface area contributed by atoms with Crippen molar-refractivity contribution in [2.24, 2.45) is 0 Å². The quantitative estimate of drug-likeness (QED) is 0.761. The second-order valence-electron chi connectivity index (χ2n) is 4.93. The summed E-state index contributed by atoms with van der Waals surface area (Å²) in [7, 11) is 0. The van der Waals surface area contributed by atoms with Gasteiger partial charge in [0.1, 0.15) is 30.1 Å². The Labute approximate surface area is 133 Å². The van der Waals surface area contributed by atoms with Crippen molar-refractivity contribution in [2.75, 3.05) is 18.5 Å². The van der Waals surface area contributed by atoms with Crippen LogP contribution in [-0.4, -0.2) is 35.4 Å². The smallest absolute Gasteiger partial charge is 0.320 e. The molecular formula is C16H18FN3O3. The number of carbonyl (C=O) groups excluding carboxylic acids is 1. The summed E-state index contributed by atoms with van der Waals surface area (Å²) in [5.41, 5.74) is 0.831. The molecule has 7 heteroatoms. The molecule has 0 aliphatic rings. The van der Waals surface area contributed by atoms with Gasteiger partial charge in [0, 0.05) is 18.8 Å². The van der Waals surface area contributed by atoms with Crippen LogP contribution in [0.25, 0.3) is 0 Å². The highest BCUT2D eigenvalue weighted by Gasteiger charge is 2.09. The second-order valence-corrected chi connectivity index (χ2v) is 4.93. The lowest BCUT2D eigenvalue weighted by molar-refractivity contribution is 0.108. The number of amides is 2. The summed E-state index contributed by atoms with van der Waals surface area (Å²) in [6.45, 7) is 1.75. The first-order valence-corrected chi connectivity index (χ1v) is 7.07. The monoisotopic (exact) mass is 319 g/mol. The summed E-state index contributed by atoms with van der Waals surface area (Å²) in [5, 5.41) is 14.9. The van der Waals surface area contributed by atoms with Gasteiger partial charge in [-0.3, -0.25) is 5.32 Å². The van der Waals surface area contributed by atoms with Gasteiger partial charge in [0.25, 0.3) is 0 Å². The number of aryl methyl sites for hydroxylation is 1. The van der Waals surface area contributed by atoms with Gasteiger partial charge in [-0.2, -0.15) is 0 Å². The fraction of sp³-hybridized carbons (Fsp3) is 0.250. The summed E-state index contributed by atoms with van der Waals surface area (Å²) in [6.07, 6.45) is 0.651. The maximum Gasteiger partial charge on any atom is 0.320 e. The maximum absolute atomic E-state index is 13.0. The molecule has 0 saturated heterocycles. The molecule has 0 aliphatic carbocycles. The van der Waals surface area contributed by atoms with E-state index in [4.69, 9.17) is 4.74 Å². The summed E-state index contributed by atoms with van der Waals surface area (Å²) in [6, 6.07) is 8.73. The van der Waals surface area contributed by atoms with Gasteiger partial charge in [0.2, 0.25) is 0 Å². The van der Waals surface area contributed by atoms with Gasteiger partial charge in [-0.05, 0) is 30.7 Å². The van der Waals surface area contributed by atoms with Gasteiger partial charge in [0.15, 0.2) is 0 Å². The molecule has 2 rings (SSSR count). The van der Waals surface area contributed by atoms with Gasteiger partial charge >= 0.3 is 6.03 Å². The molecule has 0 fully saturated rings. The number of aromatic nitrogens is 1. The zero-order valence-corrected chi connectivity index (χ0v) is 12.6. The van der Waals surface area contributed by atoms with E-state index >= 15 is 0 Å². The molecule has 0 radical (unpaired) electrons. The van der Waals surface area contributed by atoms with Gasteiger partial charge in [0.05, 0.1) is 0 Å². The first kappa shape index (κ1) is 16.7. The number of nitrogens with one attached hydrogen (secondary N) is 2. The van der Waals surface area contributed by atoms with E-state index in [-0.39, 0.29) is 13.2 Å². The van der Waals surface area contributed by atoms with Crippen molar-refractivity contribution in [3.63, 3.8) is 0 Å². The number of nitrogens with zero attached hydrogens (tertiary/aromatic N) is 1. The molecule has 2 aromatic rings. The number of aliphatic hydroxyl groups excluding tert-OH is 1. The predicted octanol–water partition coefficient (Wildman–Crippen LogP) is 2.09. The number of hydrogen-bond acceptors (Lipinski definition) is 4. The molecule has 3 N–H and O–H groups in total. The minimum absolute atomic E-state index is 0.00691. The fourth-order valence-electron chi connectivity index (χ4n) is 1.79. The standard InChI is InChI=1S/C16H18FN3O3/c1-11-4-3-7-18-15(11)20-16(22)19-9-13(21)10-23-14-6-2-5-12(17)8-14/h2-8,13,21H,9-10H2,1H3,(H2,18,19,20,22)/t13-/m0/s1. The number of hydrogen-bond donors (Lipinski definition) is 3. The van der Waals surface area contributed by atoms with Crippen LogP contribution < -0.4 is 15.4 Å². The van der Waals surface area contributed by atoms with Crippen LogP contribution in [0.5, 0.6) is 5.75 Å². The van der Waals surface area contributed by atoms with E-state index in [9.17, 15) is 14.3 Å². The summed E-state index contributed by atoms with van der Waals surface area (Å²) in [4.78, 5) is 15.8. The van der Waals surface area contributed by atoms with E-state index in [1.807, 2.05) is 13.0 Å². The Morgan fingerprint density at radius 3 is 2.96 bits per heavy atom. The molecule has 23 heavy (non-hydrogen) atoms. The lowest BCUT2D eigenvalue weighted by atomic mass is 10.3. The molecule has 0 bridgehead atoms. The number of anilines is 1. The Balaban J connectivity index is 1.72. The first-order chi connectivity index (χ1) is 11.0. The number of benzene rings is 1. The molecule has 0 saturated carbocycles. The minimum atomic E-state index is -0.922. The van der Waals surface area contributed by atoms with E-state index in [1.165, 1.54) is 18.2 Å². The third kappa shape index (κ3) is 5.55. The van der Waals surface area contributed by atoms with Gasteiger partial charge in [-0.15, -0.1) is 0 Å². The van der Waals surface area contributed by atoms with Crippen LogP contribution in [0.1, 0.15) is 5.56 Å². The van der Waals surface area contributed by atoms with Crippen molar-refractivity contribution < 1.29 is 19.0 Å². The van der Waals surface area contributed by atoms with Crippen molar-refractivity contribution in [3.8, 4) is 5.75 Å². The highest BCUT2D eigenvalue weighted by molar-refractivity contribution is 5.88. The van der Waals surface area contributed by atoms with Crippen LogP contribution in [0.15, 0.2) is 42.6 Å². The molecule has 1 atom stereocenters. The van der Waals surface area contributed by atoms with Crippen LogP contribution in [0.3, 0.4) is 0 Å². The number of carbonyl (C=O) groups is 1. The minimum Gasteiger partial charge on any atom is -0.491 e. The van der Waals surface area contributed by atoms with Crippen molar-refractivity contribution in [2.45, 2.75) is 13.0 Å². The van der Waals surface area contributed by atoms with Crippen LogP contribution >= 0.6 is 0 Å². The molecule has 0 unspecified atom stereocenters. The summed E-state index contributed by atoms with van der Waals surface area (Å²) >= 11 is 0. The topological polar surface area (TPSA) is 83.5 Å². The molecule has 0 spiro atoms. The Hall–Kier alpha value is -2.67. The number of pyridine rings is 1. The van der Waals surface area contributed by atoms with Gasteiger partial charge < -0.3 is 15.2 Å². The third-order valence-corrected chi connectivity index (χ3v) is 2.98. The molecule has 1 aromatic carbocycles. The van der Waals surface area contributed by atoms with Crippen molar-refractivity contribution in [1.29, 1.82) is 0 Å². The lowest BCUT2D eigenvalue weighted by Crippen LogP contribution is -2.38. The number of rotatable bonds is 6. The van der Waals surface area contributed by atoms with E-state index in [1.54, 1.807) is 18.3 Å². The predicted molar refractivity (Wildman–Crippen MR) is 83.9 cm³/mol. The fourth-order valence-corrected chi connectivity index (χ4v) is 1.79. The van der Waals surface area contributed by atoms with Crippen LogP contribution in [0.4, 0.5) is 15.0 Å². The number of ether oxygens (including phenoxy) is 1. The average molecular weight is 319 g/mol. The van der Waals surface area contributed by atoms with Gasteiger partial charge in [-0.25, -0.2) is 14.2 Å². The van der Waals surface area contributed by atoms with E-state index in [0.717, 1.165) is 5.56 Å². The number of urea groups is 1. The normalized spacial score (nSPS) is 11.6. The zero-order chi connectivity index (χ0) is 16.7. The molecule has 0 aliphatic heterocycles. The summed E-state index contributed by atoms with van der Waals surface area (Å²) < 4.78 is 18.2. The molecule has 1 heterocycles. The summed E-state index contributed by atoms with van der Waals surface area (Å²) in [5.74, 6) is 0.355. The van der Waals surface area contributed by atoms with Crippen LogP contribution in [0, 0.1) is 12.7 Å². The Bertz CT molecular complexity index is 667. The molecule has 2 amide bonds. The highest BCUT2D eigenvalue weighted by Crippen LogP contribution is 2.12. The number of halogens is 1. The zero-order valence-electron chi connectivity index (χ0n) is 12.6. The van der Waals surface area contributed by atoms with Crippen LogP contribution in [0.2, 0.25) is 0 Å². The number of aliphatic hydroxyl groups is 1. The molecule has 6 nitrogen and oxygen atoms in total. The second kappa shape index (κ2) is 8.09. The maximum atomic E-state index is 13.0. The van der Waals surface area contributed by atoms with Crippen molar-refractivity contribution >= 4 is 11.8 Å². The van der Waals surface area contributed by atoms with Crippen LogP contribution in [-0.2, 0) is 0 Å². The molecular weight excluding hydrogens is 301 g/mol. The van der Waals surface area contributed by atoms with E-state index < -0.39 is 18.0 Å². The lowest BCUT2D eigenvalue weighted by Gasteiger charge is -2.14. The molecule has 1 aromatic heterocycles. The van der Waals surface area contributed by atoms with Gasteiger partial charge in [-0.1, -0.05) is 12.1 Å².